The van der Waals surface area contributed by atoms with Crippen LogP contribution in [0.5, 0.6) is 5.75 Å². The van der Waals surface area contributed by atoms with Gasteiger partial charge in [0.1, 0.15) is 23.4 Å². The number of rotatable bonds is 9. The van der Waals surface area contributed by atoms with Crippen molar-refractivity contribution in [3.8, 4) is 5.75 Å². The third-order valence-electron chi connectivity index (χ3n) is 7.99. The van der Waals surface area contributed by atoms with Gasteiger partial charge in [-0.1, -0.05) is 32.9 Å². The second-order valence-electron chi connectivity index (χ2n) is 13.4. The van der Waals surface area contributed by atoms with Crippen LogP contribution in [0.4, 0.5) is 13.6 Å². The Bertz CT molecular complexity index is 1220. The minimum absolute atomic E-state index is 0.294. The van der Waals surface area contributed by atoms with E-state index in [2.05, 4.69) is 0 Å². The van der Waals surface area contributed by atoms with E-state index in [1.54, 1.807) is 45.0 Å². The molecule has 13 heteroatoms. The summed E-state index contributed by atoms with van der Waals surface area (Å²) in [7, 11) is -5.88. The van der Waals surface area contributed by atoms with Crippen molar-refractivity contribution in [2.75, 3.05) is 20.3 Å². The second kappa shape index (κ2) is 11.5. The summed E-state index contributed by atoms with van der Waals surface area (Å²) in [6.45, 7) is 12.9. The topological polar surface area (TPSA) is 102 Å². The molecule has 0 unspecified atom stereocenters. The maximum absolute atomic E-state index is 16.5. The molecule has 0 radical (unpaired) electrons. The Labute approximate surface area is 243 Å². The number of likely N-dealkylation sites (tertiary alicyclic amines) is 1. The van der Waals surface area contributed by atoms with Crippen LogP contribution in [-0.2, 0) is 30.5 Å². The van der Waals surface area contributed by atoms with Gasteiger partial charge in [-0.05, 0) is 69.4 Å². The molecule has 0 bridgehead atoms. The van der Waals surface area contributed by atoms with E-state index in [0.29, 0.717) is 28.5 Å². The molecule has 9 nitrogen and oxygen atoms in total. The number of hydrogen-bond acceptors (Lipinski definition) is 7. The van der Waals surface area contributed by atoms with Crippen LogP contribution in [0.1, 0.15) is 59.9 Å². The number of halogens is 2. The maximum atomic E-state index is 16.5. The average Bonchev–Trinajstić information content (AvgIpc) is 3.64. The van der Waals surface area contributed by atoms with Crippen LogP contribution in [0.3, 0.4) is 0 Å². The molecule has 1 saturated heterocycles. The molecule has 232 valence electrons. The van der Waals surface area contributed by atoms with Crippen LogP contribution in [0.15, 0.2) is 24.3 Å². The van der Waals surface area contributed by atoms with Gasteiger partial charge in [0.25, 0.3) is 21.1 Å². The van der Waals surface area contributed by atoms with Gasteiger partial charge in [0, 0.05) is 19.0 Å². The summed E-state index contributed by atoms with van der Waals surface area (Å²) in [4.78, 5) is 27.1. The van der Waals surface area contributed by atoms with Gasteiger partial charge in [0.15, 0.2) is 8.32 Å². The summed E-state index contributed by atoms with van der Waals surface area (Å²) in [5, 5.41) is -1.37. The molecule has 1 saturated carbocycles. The van der Waals surface area contributed by atoms with Gasteiger partial charge in [-0.3, -0.25) is 9.69 Å². The van der Waals surface area contributed by atoms with E-state index in [1.807, 2.05) is 33.9 Å². The number of hydrogen-bond donors (Lipinski definition) is 0. The first kappa shape index (κ1) is 33.4. The predicted octanol–water partition coefficient (Wildman–Crippen LogP) is 5.41. The molecule has 2 aliphatic rings. The molecule has 1 aliphatic carbocycles. The highest BCUT2D eigenvalue weighted by atomic mass is 32.2. The van der Waals surface area contributed by atoms with Crippen molar-refractivity contribution in [2.24, 2.45) is 5.92 Å². The molecule has 2 fully saturated rings. The van der Waals surface area contributed by atoms with Crippen molar-refractivity contribution in [3.63, 3.8) is 0 Å². The summed E-state index contributed by atoms with van der Waals surface area (Å²) in [6, 6.07) is 2.45. The molecule has 1 heterocycles. The molecule has 0 N–H and O–H groups in total. The standard InChI is InChI=1S/C28H44F2N2O7SSi/c1-26(2,3)39-25(34)31-17-22(28(29,30)23(31)18-38-41(8,9)27(4,5)6)32(40(35,36)24(33)20-12-13-20)16-19-10-14-21(37-7)15-11-19/h10-11,14-15,20,22-23H,12-13,16-18H2,1-9H3/t22-,23-/m1/s1. The van der Waals surface area contributed by atoms with Crippen LogP contribution in [0, 0.1) is 5.92 Å². The highest BCUT2D eigenvalue weighted by Crippen LogP contribution is 2.43. The summed E-state index contributed by atoms with van der Waals surface area (Å²) in [6.07, 6.45) is -0.218. The fourth-order valence-electron chi connectivity index (χ4n) is 4.29. The molecule has 3 rings (SSSR count). The van der Waals surface area contributed by atoms with Crippen LogP contribution in [0.2, 0.25) is 18.1 Å². The van der Waals surface area contributed by atoms with E-state index >= 15 is 8.78 Å². The minimum Gasteiger partial charge on any atom is -0.497 e. The molecular formula is C28H44F2N2O7SSi. The lowest BCUT2D eigenvalue weighted by molar-refractivity contribution is -0.113. The molecule has 1 aromatic rings. The fourth-order valence-corrected chi connectivity index (χ4v) is 7.05. The lowest BCUT2D eigenvalue weighted by Gasteiger charge is -2.39. The Balaban J connectivity index is 2.06. The smallest absolute Gasteiger partial charge is 0.410 e. The van der Waals surface area contributed by atoms with E-state index in [1.165, 1.54) is 7.11 Å². The van der Waals surface area contributed by atoms with Crippen molar-refractivity contribution < 1.29 is 40.7 Å². The molecule has 41 heavy (non-hydrogen) atoms. The van der Waals surface area contributed by atoms with E-state index in [0.717, 1.165) is 4.90 Å². The lowest BCUT2D eigenvalue weighted by Crippen LogP contribution is -2.55. The van der Waals surface area contributed by atoms with Crippen molar-refractivity contribution >= 4 is 29.5 Å². The summed E-state index contributed by atoms with van der Waals surface area (Å²) in [5.41, 5.74) is -0.593. The Morgan fingerprint density at radius 1 is 1.07 bits per heavy atom. The van der Waals surface area contributed by atoms with Gasteiger partial charge in [0.2, 0.25) is 0 Å². The molecule has 2 atom stereocenters. The molecule has 1 aromatic carbocycles. The number of sulfonamides is 1. The average molecular weight is 619 g/mol. The molecule has 0 spiro atoms. The third-order valence-corrected chi connectivity index (χ3v) is 14.3. The van der Waals surface area contributed by atoms with Gasteiger partial charge in [0.05, 0.1) is 13.7 Å². The normalized spacial score (nSPS) is 21.7. The number of ether oxygens (including phenoxy) is 2. The van der Waals surface area contributed by atoms with E-state index < -0.39 is 78.8 Å². The van der Waals surface area contributed by atoms with Gasteiger partial charge in [-0.2, -0.15) is 4.31 Å². The lowest BCUT2D eigenvalue weighted by atomic mass is 10.1. The summed E-state index contributed by atoms with van der Waals surface area (Å²) in [5.74, 6) is -3.97. The van der Waals surface area contributed by atoms with Crippen LogP contribution in [0.25, 0.3) is 0 Å². The quantitative estimate of drug-likeness (QED) is 0.341. The van der Waals surface area contributed by atoms with Crippen molar-refractivity contribution in [2.45, 2.75) is 103 Å². The van der Waals surface area contributed by atoms with Gasteiger partial charge >= 0.3 is 6.09 Å². The summed E-state index contributed by atoms with van der Waals surface area (Å²) < 4.78 is 77.6. The monoisotopic (exact) mass is 618 g/mol. The number of methoxy groups -OCH3 is 1. The Hall–Kier alpha value is -2.09. The molecule has 0 aromatic heterocycles. The number of carbonyl (C=O) groups is 2. The molecule has 1 amide bonds. The Kier molecular flexibility index (Phi) is 9.40. The van der Waals surface area contributed by atoms with Crippen molar-refractivity contribution in [1.29, 1.82) is 0 Å². The van der Waals surface area contributed by atoms with Crippen LogP contribution < -0.4 is 4.74 Å². The largest absolute Gasteiger partial charge is 0.497 e. The molecule has 1 aliphatic heterocycles. The minimum atomic E-state index is -4.81. The van der Waals surface area contributed by atoms with Gasteiger partial charge < -0.3 is 13.9 Å². The van der Waals surface area contributed by atoms with Crippen molar-refractivity contribution in [1.82, 2.24) is 9.21 Å². The Morgan fingerprint density at radius 2 is 1.63 bits per heavy atom. The summed E-state index contributed by atoms with van der Waals surface area (Å²) >= 11 is 0. The first-order chi connectivity index (χ1) is 18.6. The zero-order chi connectivity index (χ0) is 31.2. The highest BCUT2D eigenvalue weighted by Gasteiger charge is 2.63. The Morgan fingerprint density at radius 3 is 2.10 bits per heavy atom. The van der Waals surface area contributed by atoms with Crippen LogP contribution >= 0.6 is 0 Å². The first-order valence-corrected chi connectivity index (χ1v) is 18.2. The number of alkyl halides is 2. The van der Waals surface area contributed by atoms with Gasteiger partial charge in [-0.15, -0.1) is 0 Å². The van der Waals surface area contributed by atoms with Gasteiger partial charge in [-0.25, -0.2) is 22.0 Å². The number of carbonyl (C=O) groups excluding carboxylic acids is 2. The third kappa shape index (κ3) is 7.47. The SMILES string of the molecule is COc1ccc(CN([C@@H]2CN(C(=O)OC(C)(C)C)[C@H](CO[Si](C)(C)C(C)(C)C)C2(F)F)S(=O)(=O)C(=O)C2CC2)cc1. The fraction of sp³-hybridized carbons (Fsp3) is 0.714. The highest BCUT2D eigenvalue weighted by molar-refractivity contribution is 8.04. The van der Waals surface area contributed by atoms with Crippen LogP contribution in [-0.4, -0.2) is 81.0 Å². The van der Waals surface area contributed by atoms with Crippen molar-refractivity contribution in [3.05, 3.63) is 29.8 Å². The zero-order valence-corrected chi connectivity index (χ0v) is 27.3. The van der Waals surface area contributed by atoms with E-state index in [-0.39, 0.29) is 5.04 Å². The predicted molar refractivity (Wildman–Crippen MR) is 154 cm³/mol. The second-order valence-corrected chi connectivity index (χ2v) is 20.0. The molecular weight excluding hydrogens is 574 g/mol. The number of benzene rings is 1. The maximum Gasteiger partial charge on any atom is 0.410 e. The van der Waals surface area contributed by atoms with E-state index in [4.69, 9.17) is 13.9 Å². The zero-order valence-electron chi connectivity index (χ0n) is 25.5. The number of amides is 1. The first-order valence-electron chi connectivity index (χ1n) is 13.8. The number of nitrogens with zero attached hydrogens (tertiary/aromatic N) is 2. The van der Waals surface area contributed by atoms with E-state index in [9.17, 15) is 18.0 Å².